The van der Waals surface area contributed by atoms with Crippen molar-refractivity contribution >= 4 is 23.4 Å². The number of hydrogen-bond acceptors (Lipinski definition) is 7. The molecule has 0 saturated heterocycles. The maximum Gasteiger partial charge on any atom is 0.359 e. The number of ether oxygens (including phenoxy) is 1. The van der Waals surface area contributed by atoms with Gasteiger partial charge in [0.2, 0.25) is 6.41 Å². The molecule has 0 radical (unpaired) electrons. The van der Waals surface area contributed by atoms with Gasteiger partial charge in [0.05, 0.1) is 24.3 Å². The lowest BCUT2D eigenvalue weighted by Gasteiger charge is -2.11. The van der Waals surface area contributed by atoms with E-state index in [1.807, 2.05) is 0 Å². The number of nitrogens with zero attached hydrogens (tertiary/aromatic N) is 4. The van der Waals surface area contributed by atoms with Gasteiger partial charge in [0, 0.05) is 31.8 Å². The topological polar surface area (TPSA) is 118 Å². The van der Waals surface area contributed by atoms with Gasteiger partial charge in [-0.3, -0.25) is 4.79 Å². The molecule has 2 atom stereocenters. The zero-order valence-electron chi connectivity index (χ0n) is 18.0. The number of amides is 1. The normalized spacial score (nSPS) is 12.5. The molecule has 0 aliphatic heterocycles. The largest absolute Gasteiger partial charge is 0.464 e. The first-order valence-electron chi connectivity index (χ1n) is 9.94. The second-order valence-electron chi connectivity index (χ2n) is 7.28. The summed E-state index contributed by atoms with van der Waals surface area (Å²) in [5.41, 5.74) is 2.25. The Kier molecular flexibility index (Phi) is 7.20. The molecule has 9 nitrogen and oxygen atoms in total. The monoisotopic (exact) mass is 436 g/mol. The van der Waals surface area contributed by atoms with Crippen LogP contribution in [0.3, 0.4) is 0 Å². The molecule has 1 amide bonds. The lowest BCUT2D eigenvalue weighted by molar-refractivity contribution is -0.117. The third-order valence-corrected chi connectivity index (χ3v) is 4.81. The highest BCUT2D eigenvalue weighted by molar-refractivity contribution is 6.01. The molecule has 0 aliphatic carbocycles. The van der Waals surface area contributed by atoms with Crippen molar-refractivity contribution in [2.45, 2.75) is 25.6 Å². The average molecular weight is 436 g/mol. The highest BCUT2D eigenvalue weighted by Gasteiger charge is 2.20. The molecule has 0 spiro atoms. The first kappa shape index (κ1) is 22.9. The van der Waals surface area contributed by atoms with Gasteiger partial charge in [0.1, 0.15) is 6.10 Å². The Morgan fingerprint density at radius 1 is 1.34 bits per heavy atom. The Hall–Kier alpha value is -3.74. The molecule has 0 aliphatic rings. The molecule has 0 saturated carbocycles. The SMILES string of the molecule is COC(=O)c1nn(-c2cc(C#CC(O)CCN(C)C=O)cc(C(C)O)c2)c2ncccc12. The van der Waals surface area contributed by atoms with Crippen molar-refractivity contribution in [3.63, 3.8) is 0 Å². The first-order valence-corrected chi connectivity index (χ1v) is 9.94. The van der Waals surface area contributed by atoms with E-state index in [2.05, 4.69) is 21.9 Å². The van der Waals surface area contributed by atoms with Crippen molar-refractivity contribution in [1.82, 2.24) is 19.7 Å². The van der Waals surface area contributed by atoms with E-state index in [0.717, 1.165) is 0 Å². The lowest BCUT2D eigenvalue weighted by Crippen LogP contribution is -2.21. The minimum Gasteiger partial charge on any atom is -0.464 e. The molecule has 2 heterocycles. The van der Waals surface area contributed by atoms with E-state index in [1.165, 1.54) is 16.7 Å². The van der Waals surface area contributed by atoms with E-state index in [1.54, 1.807) is 50.5 Å². The van der Waals surface area contributed by atoms with Crippen molar-refractivity contribution in [2.24, 2.45) is 0 Å². The van der Waals surface area contributed by atoms with E-state index in [-0.39, 0.29) is 5.69 Å². The van der Waals surface area contributed by atoms with Crippen molar-refractivity contribution < 1.29 is 24.5 Å². The average Bonchev–Trinajstić information content (AvgIpc) is 3.20. The van der Waals surface area contributed by atoms with E-state index < -0.39 is 18.2 Å². The Morgan fingerprint density at radius 3 is 2.81 bits per heavy atom. The summed E-state index contributed by atoms with van der Waals surface area (Å²) < 4.78 is 6.33. The summed E-state index contributed by atoms with van der Waals surface area (Å²) in [7, 11) is 2.90. The third kappa shape index (κ3) is 5.11. The van der Waals surface area contributed by atoms with Crippen LogP contribution in [-0.4, -0.2) is 69.1 Å². The highest BCUT2D eigenvalue weighted by Crippen LogP contribution is 2.24. The fraction of sp³-hybridized carbons (Fsp3) is 0.304. The van der Waals surface area contributed by atoms with Crippen LogP contribution in [0.25, 0.3) is 16.7 Å². The van der Waals surface area contributed by atoms with Crippen LogP contribution < -0.4 is 0 Å². The Labute approximate surface area is 185 Å². The molecule has 9 heteroatoms. The van der Waals surface area contributed by atoms with Crippen LogP contribution in [0.4, 0.5) is 0 Å². The predicted molar refractivity (Wildman–Crippen MR) is 117 cm³/mol. The smallest absolute Gasteiger partial charge is 0.359 e. The second kappa shape index (κ2) is 10.0. The number of methoxy groups -OCH3 is 1. The van der Waals surface area contributed by atoms with Crippen molar-refractivity contribution in [2.75, 3.05) is 20.7 Å². The maximum absolute atomic E-state index is 12.2. The number of benzene rings is 1. The number of carbonyl (C=O) groups is 2. The number of carbonyl (C=O) groups excluding carboxylic acids is 2. The van der Waals surface area contributed by atoms with Gasteiger partial charge in [-0.25, -0.2) is 14.5 Å². The lowest BCUT2D eigenvalue weighted by atomic mass is 10.1. The van der Waals surface area contributed by atoms with Crippen molar-refractivity contribution in [3.05, 3.63) is 53.3 Å². The van der Waals surface area contributed by atoms with Gasteiger partial charge in [0.15, 0.2) is 11.3 Å². The van der Waals surface area contributed by atoms with E-state index in [4.69, 9.17) is 4.74 Å². The number of esters is 1. The van der Waals surface area contributed by atoms with Crippen LogP contribution >= 0.6 is 0 Å². The van der Waals surface area contributed by atoms with Crippen LogP contribution in [-0.2, 0) is 9.53 Å². The quantitative estimate of drug-likeness (QED) is 0.327. The minimum atomic E-state index is -0.922. The van der Waals surface area contributed by atoms with Gasteiger partial charge in [-0.1, -0.05) is 11.8 Å². The van der Waals surface area contributed by atoms with Gasteiger partial charge in [-0.15, -0.1) is 0 Å². The predicted octanol–water partition coefficient (Wildman–Crippen LogP) is 1.45. The number of aliphatic hydroxyl groups is 2. The summed E-state index contributed by atoms with van der Waals surface area (Å²) in [6, 6.07) is 8.60. The van der Waals surface area contributed by atoms with Gasteiger partial charge in [-0.2, -0.15) is 5.10 Å². The number of aliphatic hydroxyl groups excluding tert-OH is 2. The molecular weight excluding hydrogens is 412 g/mol. The molecular formula is C23H24N4O5. The Balaban J connectivity index is 2.04. The molecule has 2 N–H and O–H groups in total. The van der Waals surface area contributed by atoms with Gasteiger partial charge >= 0.3 is 5.97 Å². The Bertz CT molecular complexity index is 1190. The highest BCUT2D eigenvalue weighted by atomic mass is 16.5. The van der Waals surface area contributed by atoms with Crippen LogP contribution in [0.1, 0.15) is 41.1 Å². The summed E-state index contributed by atoms with van der Waals surface area (Å²) in [5, 5.41) is 25.2. The van der Waals surface area contributed by atoms with Gasteiger partial charge in [0.25, 0.3) is 0 Å². The van der Waals surface area contributed by atoms with Gasteiger partial charge < -0.3 is 19.8 Å². The standard InChI is InChI=1S/C23H24N4O5/c1-15(29)17-11-16(6-7-19(30)8-10-26(2)14-28)12-18(13-17)27-22-20(5-4-9-24-22)21(25-27)23(31)32-3/h4-5,9,11-15,19,29-30H,8,10H2,1-3H3. The fourth-order valence-corrected chi connectivity index (χ4v) is 3.07. The van der Waals surface area contributed by atoms with Crippen LogP contribution in [0.2, 0.25) is 0 Å². The maximum atomic E-state index is 12.2. The molecule has 3 aromatic rings. The number of hydrogen-bond donors (Lipinski definition) is 2. The summed E-state index contributed by atoms with van der Waals surface area (Å²) in [6.45, 7) is 2.00. The summed E-state index contributed by atoms with van der Waals surface area (Å²) in [5.74, 6) is 5.08. The second-order valence-corrected chi connectivity index (χ2v) is 7.28. The molecule has 0 bridgehead atoms. The molecule has 2 unspecified atom stereocenters. The zero-order valence-corrected chi connectivity index (χ0v) is 18.0. The van der Waals surface area contributed by atoms with E-state index in [9.17, 15) is 19.8 Å². The number of fused-ring (bicyclic) bond motifs is 1. The Morgan fingerprint density at radius 2 is 2.12 bits per heavy atom. The zero-order chi connectivity index (χ0) is 23.3. The molecule has 1 aromatic carbocycles. The molecule has 2 aromatic heterocycles. The van der Waals surface area contributed by atoms with Crippen LogP contribution in [0.15, 0.2) is 36.5 Å². The van der Waals surface area contributed by atoms with E-state index >= 15 is 0 Å². The molecule has 166 valence electrons. The van der Waals surface area contributed by atoms with Gasteiger partial charge in [-0.05, 0) is 42.8 Å². The summed E-state index contributed by atoms with van der Waals surface area (Å²) in [6.07, 6.45) is 0.879. The van der Waals surface area contributed by atoms with Crippen LogP contribution in [0.5, 0.6) is 0 Å². The summed E-state index contributed by atoms with van der Waals surface area (Å²) >= 11 is 0. The number of aromatic nitrogens is 3. The minimum absolute atomic E-state index is 0.125. The summed E-state index contributed by atoms with van der Waals surface area (Å²) in [4.78, 5) is 28.6. The number of rotatable bonds is 7. The molecule has 32 heavy (non-hydrogen) atoms. The van der Waals surface area contributed by atoms with E-state index in [0.29, 0.717) is 47.2 Å². The van der Waals surface area contributed by atoms with Crippen molar-refractivity contribution in [3.8, 4) is 17.5 Å². The first-order chi connectivity index (χ1) is 15.3. The van der Waals surface area contributed by atoms with Crippen LogP contribution in [0, 0.1) is 11.8 Å². The molecule has 3 rings (SSSR count). The third-order valence-electron chi connectivity index (χ3n) is 4.81. The fourth-order valence-electron chi connectivity index (χ4n) is 3.07. The molecule has 0 fully saturated rings. The van der Waals surface area contributed by atoms with Crippen molar-refractivity contribution in [1.29, 1.82) is 0 Å². The number of pyridine rings is 1.